The maximum Gasteiger partial charge on any atom is 0.243 e. The quantitative estimate of drug-likeness (QED) is 0.758. The Morgan fingerprint density at radius 3 is 2.26 bits per heavy atom. The molecule has 3 rings (SSSR count). The van der Waals surface area contributed by atoms with Gasteiger partial charge in [0.05, 0.1) is 23.3 Å². The maximum absolute atomic E-state index is 13.3. The predicted octanol–water partition coefficient (Wildman–Crippen LogP) is 3.48. The van der Waals surface area contributed by atoms with Crippen LogP contribution in [0.1, 0.15) is 11.6 Å². The molecule has 1 heterocycles. The molecule has 0 radical (unpaired) electrons. The van der Waals surface area contributed by atoms with Gasteiger partial charge in [-0.2, -0.15) is 0 Å². The molecule has 0 amide bonds. The zero-order valence-electron chi connectivity index (χ0n) is 14.4. The topological polar surface area (TPSA) is 58.6 Å². The van der Waals surface area contributed by atoms with Gasteiger partial charge in [0.1, 0.15) is 10.7 Å². The van der Waals surface area contributed by atoms with E-state index in [1.807, 2.05) is 0 Å². The first-order valence-electron chi connectivity index (χ1n) is 8.39. The molecule has 2 aromatic carbocycles. The Morgan fingerprint density at radius 1 is 1.07 bits per heavy atom. The molecule has 146 valence electrons. The molecule has 9 heteroatoms. The molecule has 2 aromatic rings. The minimum absolute atomic E-state index is 0.0553. The third-order valence-electron chi connectivity index (χ3n) is 4.40. The largest absolute Gasteiger partial charge is 0.379 e. The fourth-order valence-corrected chi connectivity index (χ4v) is 5.21. The summed E-state index contributed by atoms with van der Waals surface area (Å²) in [6.07, 6.45) is 0. The van der Waals surface area contributed by atoms with E-state index in [1.54, 1.807) is 18.2 Å². The highest BCUT2D eigenvalue weighted by Gasteiger charge is 2.27. The lowest BCUT2D eigenvalue weighted by atomic mass is 10.0. The summed E-state index contributed by atoms with van der Waals surface area (Å²) in [4.78, 5) is 1.96. The molecule has 1 atom stereocenters. The monoisotopic (exact) mass is 432 g/mol. The molecule has 0 spiro atoms. The summed E-state index contributed by atoms with van der Waals surface area (Å²) < 4.78 is 46.8. The van der Waals surface area contributed by atoms with Gasteiger partial charge in [-0.15, -0.1) is 0 Å². The summed E-state index contributed by atoms with van der Waals surface area (Å²) in [6.45, 7) is 2.50. The molecule has 1 aliphatic heterocycles. The van der Waals surface area contributed by atoms with Crippen LogP contribution in [0.4, 0.5) is 4.39 Å². The normalized spacial score (nSPS) is 17.0. The van der Waals surface area contributed by atoms with Gasteiger partial charge < -0.3 is 4.74 Å². The van der Waals surface area contributed by atoms with Crippen LogP contribution in [0.15, 0.2) is 47.4 Å². The third kappa shape index (κ3) is 4.99. The number of ether oxygens (including phenoxy) is 1. The zero-order valence-corrected chi connectivity index (χ0v) is 16.7. The van der Waals surface area contributed by atoms with Crippen molar-refractivity contribution in [2.45, 2.75) is 10.9 Å². The fourth-order valence-electron chi connectivity index (χ4n) is 3.03. The van der Waals surface area contributed by atoms with E-state index >= 15 is 0 Å². The lowest BCUT2D eigenvalue weighted by Gasteiger charge is -2.35. The highest BCUT2D eigenvalue weighted by molar-refractivity contribution is 7.89. The van der Waals surface area contributed by atoms with Crippen LogP contribution >= 0.6 is 23.2 Å². The van der Waals surface area contributed by atoms with Crippen molar-refractivity contribution in [3.63, 3.8) is 0 Å². The van der Waals surface area contributed by atoms with Crippen molar-refractivity contribution >= 4 is 33.2 Å². The average Bonchev–Trinajstić information content (AvgIpc) is 2.64. The molecule has 1 unspecified atom stereocenters. The van der Waals surface area contributed by atoms with E-state index < -0.39 is 10.0 Å². The van der Waals surface area contributed by atoms with Crippen molar-refractivity contribution in [1.29, 1.82) is 0 Å². The first-order valence-corrected chi connectivity index (χ1v) is 10.6. The number of benzene rings is 2. The van der Waals surface area contributed by atoms with Crippen LogP contribution in [-0.4, -0.2) is 46.2 Å². The molecular weight excluding hydrogens is 414 g/mol. The van der Waals surface area contributed by atoms with Crippen LogP contribution < -0.4 is 4.72 Å². The summed E-state index contributed by atoms with van der Waals surface area (Å²) >= 11 is 12.1. The Labute approximate surface area is 168 Å². The van der Waals surface area contributed by atoms with Crippen LogP contribution in [0, 0.1) is 5.82 Å². The van der Waals surface area contributed by atoms with Gasteiger partial charge in [0.25, 0.3) is 0 Å². The van der Waals surface area contributed by atoms with Gasteiger partial charge in [-0.1, -0.05) is 41.4 Å². The first kappa shape index (κ1) is 20.5. The number of halogens is 3. The van der Waals surface area contributed by atoms with Gasteiger partial charge in [0.15, 0.2) is 0 Å². The smallest absolute Gasteiger partial charge is 0.243 e. The zero-order chi connectivity index (χ0) is 19.4. The first-order chi connectivity index (χ1) is 12.9. The van der Waals surface area contributed by atoms with Crippen molar-refractivity contribution in [3.05, 3.63) is 63.9 Å². The fraction of sp³-hybridized carbons (Fsp3) is 0.333. The molecule has 1 saturated heterocycles. The Balaban J connectivity index is 1.84. The number of nitrogens with zero attached hydrogens (tertiary/aromatic N) is 1. The van der Waals surface area contributed by atoms with E-state index in [4.69, 9.17) is 27.9 Å². The van der Waals surface area contributed by atoms with Crippen molar-refractivity contribution in [3.8, 4) is 0 Å². The van der Waals surface area contributed by atoms with Gasteiger partial charge in [-0.25, -0.2) is 17.5 Å². The molecule has 0 saturated carbocycles. The second kappa shape index (κ2) is 8.86. The van der Waals surface area contributed by atoms with Crippen LogP contribution in [0.25, 0.3) is 0 Å². The van der Waals surface area contributed by atoms with E-state index in [0.717, 1.165) is 5.56 Å². The minimum Gasteiger partial charge on any atom is -0.379 e. The number of morpholine rings is 1. The Bertz CT molecular complexity index is 868. The predicted molar refractivity (Wildman–Crippen MR) is 103 cm³/mol. The lowest BCUT2D eigenvalue weighted by molar-refractivity contribution is 0.0172. The Morgan fingerprint density at radius 2 is 1.67 bits per heavy atom. The van der Waals surface area contributed by atoms with E-state index in [1.165, 1.54) is 24.3 Å². The minimum atomic E-state index is -3.92. The summed E-state index contributed by atoms with van der Waals surface area (Å²) in [6, 6.07) is 10.3. The molecule has 0 bridgehead atoms. The van der Waals surface area contributed by atoms with Crippen molar-refractivity contribution in [1.82, 2.24) is 9.62 Å². The molecule has 1 aliphatic rings. The molecule has 1 N–H and O–H groups in total. The molecule has 5 nitrogen and oxygen atoms in total. The second-order valence-corrected chi connectivity index (χ2v) is 8.64. The molecule has 0 aliphatic carbocycles. The van der Waals surface area contributed by atoms with Crippen molar-refractivity contribution < 1.29 is 17.5 Å². The van der Waals surface area contributed by atoms with E-state index in [0.29, 0.717) is 26.3 Å². The number of hydrogen-bond acceptors (Lipinski definition) is 4. The van der Waals surface area contributed by atoms with Crippen LogP contribution in [0.2, 0.25) is 10.0 Å². The van der Waals surface area contributed by atoms with Gasteiger partial charge in [-0.3, -0.25) is 4.90 Å². The van der Waals surface area contributed by atoms with Crippen molar-refractivity contribution in [2.75, 3.05) is 32.8 Å². The number of hydrogen-bond donors (Lipinski definition) is 1. The number of sulfonamides is 1. The van der Waals surface area contributed by atoms with Crippen molar-refractivity contribution in [2.24, 2.45) is 0 Å². The van der Waals surface area contributed by atoms with Gasteiger partial charge in [0, 0.05) is 25.7 Å². The third-order valence-corrected chi connectivity index (χ3v) is 6.77. The molecular formula is C18H19Cl2FN2O3S. The molecule has 0 aromatic heterocycles. The second-order valence-electron chi connectivity index (χ2n) is 6.12. The molecule has 1 fully saturated rings. The highest BCUT2D eigenvalue weighted by Crippen LogP contribution is 2.29. The summed E-state index contributed by atoms with van der Waals surface area (Å²) in [7, 11) is -3.92. The number of rotatable bonds is 6. The Kier molecular flexibility index (Phi) is 6.73. The van der Waals surface area contributed by atoms with E-state index in [-0.39, 0.29) is 33.3 Å². The maximum atomic E-state index is 13.3. The molecule has 27 heavy (non-hydrogen) atoms. The Hall–Kier alpha value is -1.22. The van der Waals surface area contributed by atoms with Crippen LogP contribution in [0.5, 0.6) is 0 Å². The lowest BCUT2D eigenvalue weighted by Crippen LogP contribution is -2.43. The van der Waals surface area contributed by atoms with Crippen LogP contribution in [-0.2, 0) is 14.8 Å². The average molecular weight is 433 g/mol. The number of nitrogens with one attached hydrogen (secondary N) is 1. The van der Waals surface area contributed by atoms with Gasteiger partial charge in [-0.05, 0) is 29.8 Å². The summed E-state index contributed by atoms with van der Waals surface area (Å²) in [5.74, 6) is -0.345. The van der Waals surface area contributed by atoms with Crippen LogP contribution in [0.3, 0.4) is 0 Å². The SMILES string of the molecule is O=S(=O)(NCC(c1ccc(F)cc1)N1CCOCC1)c1c(Cl)cccc1Cl. The summed E-state index contributed by atoms with van der Waals surface area (Å²) in [5.41, 5.74) is 0.811. The van der Waals surface area contributed by atoms with Gasteiger partial charge in [0.2, 0.25) is 10.0 Å². The standard InChI is InChI=1S/C18H19Cl2FN2O3S/c19-15-2-1-3-16(20)18(15)27(24,25)22-12-17(23-8-10-26-11-9-23)13-4-6-14(21)7-5-13/h1-7,17,22H,8-12H2. The van der Waals surface area contributed by atoms with E-state index in [2.05, 4.69) is 9.62 Å². The van der Waals surface area contributed by atoms with Gasteiger partial charge >= 0.3 is 0 Å². The van der Waals surface area contributed by atoms with E-state index in [9.17, 15) is 12.8 Å². The summed E-state index contributed by atoms with van der Waals surface area (Å²) in [5, 5.41) is 0.111. The highest BCUT2D eigenvalue weighted by atomic mass is 35.5.